The van der Waals surface area contributed by atoms with Gasteiger partial charge in [-0.15, -0.1) is 0 Å². The lowest BCUT2D eigenvalue weighted by molar-refractivity contribution is -0.114. The summed E-state index contributed by atoms with van der Waals surface area (Å²) in [5.41, 5.74) is 1.71. The highest BCUT2D eigenvalue weighted by Gasteiger charge is 2.28. The van der Waals surface area contributed by atoms with Crippen molar-refractivity contribution in [2.75, 3.05) is 16.2 Å². The third-order valence-electron chi connectivity index (χ3n) is 4.76. The molecule has 0 saturated carbocycles. The normalized spacial score (nSPS) is 11.1. The highest BCUT2D eigenvalue weighted by atomic mass is 35.5. The van der Waals surface area contributed by atoms with Crippen molar-refractivity contribution in [2.45, 2.75) is 18.7 Å². The number of hydrogen-bond donors (Lipinski definition) is 2. The molecule has 9 heteroatoms. The topological polar surface area (TPSA) is 104 Å². The van der Waals surface area contributed by atoms with Gasteiger partial charge >= 0.3 is 5.97 Å². The Morgan fingerprint density at radius 2 is 1.66 bits per heavy atom. The zero-order chi connectivity index (χ0) is 23.5. The fourth-order valence-electron chi connectivity index (χ4n) is 3.13. The molecule has 0 heterocycles. The number of benzene rings is 3. The van der Waals surface area contributed by atoms with E-state index in [1.54, 1.807) is 37.3 Å². The summed E-state index contributed by atoms with van der Waals surface area (Å²) in [5, 5.41) is 12.3. The molecule has 0 unspecified atom stereocenters. The molecular formula is C23H21ClN2O5S. The number of aromatic carboxylic acids is 1. The van der Waals surface area contributed by atoms with Crippen LogP contribution in [0.25, 0.3) is 0 Å². The Morgan fingerprint density at radius 3 is 2.28 bits per heavy atom. The summed E-state index contributed by atoms with van der Waals surface area (Å²) in [6, 6.07) is 16.9. The monoisotopic (exact) mass is 472 g/mol. The van der Waals surface area contributed by atoms with E-state index in [-0.39, 0.29) is 21.8 Å². The number of rotatable bonds is 7. The Kier molecular flexibility index (Phi) is 6.86. The minimum atomic E-state index is -4.11. The molecule has 7 nitrogen and oxygen atoms in total. The van der Waals surface area contributed by atoms with Crippen LogP contribution in [0.1, 0.15) is 21.5 Å². The van der Waals surface area contributed by atoms with Crippen LogP contribution in [0.2, 0.25) is 5.02 Å². The predicted octanol–water partition coefficient (Wildman–Crippen LogP) is 4.49. The second kappa shape index (κ2) is 9.42. The number of para-hydroxylation sites is 1. The summed E-state index contributed by atoms with van der Waals surface area (Å²) in [7, 11) is -4.11. The van der Waals surface area contributed by atoms with Crippen LogP contribution in [0.4, 0.5) is 11.4 Å². The maximum absolute atomic E-state index is 13.5. The molecule has 0 aliphatic carbocycles. The number of carboxylic acids is 1. The van der Waals surface area contributed by atoms with Gasteiger partial charge in [-0.1, -0.05) is 41.4 Å². The van der Waals surface area contributed by atoms with Crippen LogP contribution in [0, 0.1) is 13.8 Å². The molecule has 0 atom stereocenters. The zero-order valence-electron chi connectivity index (χ0n) is 17.4. The number of nitrogens with one attached hydrogen (secondary N) is 1. The number of carbonyl (C=O) groups excluding carboxylic acids is 1. The molecule has 0 bridgehead atoms. The molecule has 0 fully saturated rings. The van der Waals surface area contributed by atoms with Gasteiger partial charge in [0.25, 0.3) is 10.0 Å². The van der Waals surface area contributed by atoms with Crippen LogP contribution in [-0.4, -0.2) is 31.9 Å². The van der Waals surface area contributed by atoms with E-state index in [1.807, 2.05) is 6.92 Å². The van der Waals surface area contributed by atoms with Crippen LogP contribution in [0.15, 0.2) is 71.6 Å². The van der Waals surface area contributed by atoms with Crippen LogP contribution in [0.3, 0.4) is 0 Å². The first-order chi connectivity index (χ1) is 15.1. The Bertz CT molecular complexity index is 1270. The van der Waals surface area contributed by atoms with Crippen molar-refractivity contribution >= 4 is 44.9 Å². The number of halogens is 1. The van der Waals surface area contributed by atoms with Crippen molar-refractivity contribution in [2.24, 2.45) is 0 Å². The number of aryl methyl sites for hydroxylation is 2. The van der Waals surface area contributed by atoms with Crippen LogP contribution < -0.4 is 9.62 Å². The van der Waals surface area contributed by atoms with Crippen molar-refractivity contribution in [3.05, 3.63) is 88.4 Å². The maximum Gasteiger partial charge on any atom is 0.337 e. The van der Waals surface area contributed by atoms with Crippen molar-refractivity contribution in [3.63, 3.8) is 0 Å². The smallest absolute Gasteiger partial charge is 0.337 e. The Hall–Kier alpha value is -3.36. The SMILES string of the molecule is Cc1ccc(S(=O)(=O)N(CC(=O)Nc2ccccc2C(=O)O)c2ccc(Cl)cc2C)cc1. The Balaban J connectivity index is 2.01. The van der Waals surface area contributed by atoms with E-state index in [9.17, 15) is 23.1 Å². The van der Waals surface area contributed by atoms with Gasteiger partial charge < -0.3 is 10.4 Å². The fraction of sp³-hybridized carbons (Fsp3) is 0.130. The van der Waals surface area contributed by atoms with Gasteiger partial charge in [0.1, 0.15) is 6.54 Å². The molecule has 0 radical (unpaired) electrons. The minimum Gasteiger partial charge on any atom is -0.478 e. The molecule has 2 N–H and O–H groups in total. The lowest BCUT2D eigenvalue weighted by atomic mass is 10.2. The first-order valence-electron chi connectivity index (χ1n) is 9.57. The zero-order valence-corrected chi connectivity index (χ0v) is 18.9. The van der Waals surface area contributed by atoms with E-state index >= 15 is 0 Å². The number of carboxylic acid groups (broad SMARTS) is 1. The summed E-state index contributed by atoms with van der Waals surface area (Å²) in [6.45, 7) is 2.97. The fourth-order valence-corrected chi connectivity index (χ4v) is 4.85. The minimum absolute atomic E-state index is 0.0242. The van der Waals surface area contributed by atoms with Crippen LogP contribution >= 0.6 is 11.6 Å². The third kappa shape index (κ3) is 5.09. The van der Waals surface area contributed by atoms with Crippen LogP contribution in [0.5, 0.6) is 0 Å². The molecule has 1 amide bonds. The third-order valence-corrected chi connectivity index (χ3v) is 6.76. The molecule has 32 heavy (non-hydrogen) atoms. The molecular weight excluding hydrogens is 452 g/mol. The van der Waals surface area contributed by atoms with Crippen molar-refractivity contribution in [3.8, 4) is 0 Å². The first-order valence-corrected chi connectivity index (χ1v) is 11.4. The average molecular weight is 473 g/mol. The molecule has 0 aliphatic heterocycles. The van der Waals surface area contributed by atoms with Gasteiger partial charge in [-0.2, -0.15) is 0 Å². The second-order valence-corrected chi connectivity index (χ2v) is 9.45. The standard InChI is InChI=1S/C23H21ClN2O5S/c1-15-7-10-18(11-8-15)32(30,31)26(21-12-9-17(24)13-16(21)2)14-22(27)25-20-6-4-3-5-19(20)23(28)29/h3-13H,14H2,1-2H3,(H,25,27)(H,28,29). The van der Waals surface area contributed by atoms with Crippen molar-refractivity contribution < 1.29 is 23.1 Å². The summed E-state index contributed by atoms with van der Waals surface area (Å²) >= 11 is 6.03. The van der Waals surface area contributed by atoms with E-state index in [4.69, 9.17) is 11.6 Å². The maximum atomic E-state index is 13.5. The molecule has 3 aromatic rings. The molecule has 0 spiro atoms. The number of nitrogens with zero attached hydrogens (tertiary/aromatic N) is 1. The lowest BCUT2D eigenvalue weighted by Gasteiger charge is -2.26. The predicted molar refractivity (Wildman–Crippen MR) is 124 cm³/mol. The number of anilines is 2. The van der Waals surface area contributed by atoms with Crippen molar-refractivity contribution in [1.82, 2.24) is 0 Å². The van der Waals surface area contributed by atoms with E-state index in [0.29, 0.717) is 10.6 Å². The van der Waals surface area contributed by atoms with E-state index in [2.05, 4.69) is 5.32 Å². The molecule has 0 aliphatic rings. The Morgan fingerprint density at radius 1 is 1.00 bits per heavy atom. The molecule has 0 saturated heterocycles. The van der Waals surface area contributed by atoms with Gasteiger partial charge in [0, 0.05) is 5.02 Å². The largest absolute Gasteiger partial charge is 0.478 e. The molecule has 166 valence electrons. The summed E-state index contributed by atoms with van der Waals surface area (Å²) in [6.07, 6.45) is 0. The van der Waals surface area contributed by atoms with Gasteiger partial charge in [0.2, 0.25) is 5.91 Å². The summed E-state index contributed by atoms with van der Waals surface area (Å²) < 4.78 is 27.9. The Labute approximate surface area is 191 Å². The number of amides is 1. The molecule has 3 rings (SSSR count). The number of carbonyl (C=O) groups is 2. The van der Waals surface area contributed by atoms with Gasteiger partial charge in [0.05, 0.1) is 21.8 Å². The number of hydrogen-bond acceptors (Lipinski definition) is 4. The average Bonchev–Trinajstić information content (AvgIpc) is 2.73. The van der Waals surface area contributed by atoms with E-state index in [0.717, 1.165) is 9.87 Å². The second-order valence-electron chi connectivity index (χ2n) is 7.15. The van der Waals surface area contributed by atoms with E-state index < -0.39 is 28.4 Å². The molecule has 3 aromatic carbocycles. The number of sulfonamides is 1. The van der Waals surface area contributed by atoms with E-state index in [1.165, 1.54) is 36.4 Å². The van der Waals surface area contributed by atoms with Gasteiger partial charge in [-0.25, -0.2) is 13.2 Å². The quantitative estimate of drug-likeness (QED) is 0.527. The summed E-state index contributed by atoms with van der Waals surface area (Å²) in [5.74, 6) is -1.90. The van der Waals surface area contributed by atoms with Crippen LogP contribution in [-0.2, 0) is 14.8 Å². The van der Waals surface area contributed by atoms with Crippen molar-refractivity contribution in [1.29, 1.82) is 0 Å². The molecule has 0 aromatic heterocycles. The van der Waals surface area contributed by atoms with Gasteiger partial charge in [-0.05, 0) is 61.9 Å². The highest BCUT2D eigenvalue weighted by molar-refractivity contribution is 7.92. The first kappa shape index (κ1) is 23.3. The summed E-state index contributed by atoms with van der Waals surface area (Å²) in [4.78, 5) is 24.3. The van der Waals surface area contributed by atoms with Gasteiger partial charge in [-0.3, -0.25) is 9.10 Å². The lowest BCUT2D eigenvalue weighted by Crippen LogP contribution is -2.38. The van der Waals surface area contributed by atoms with Gasteiger partial charge in [0.15, 0.2) is 0 Å². The highest BCUT2D eigenvalue weighted by Crippen LogP contribution is 2.29.